The molecule has 3 rings (SSSR count). The Morgan fingerprint density at radius 1 is 1.18 bits per heavy atom. The van der Waals surface area contributed by atoms with Crippen LogP contribution in [0.1, 0.15) is 28.8 Å². The number of halogens is 2. The first kappa shape index (κ1) is 19.8. The number of nitrogens with zero attached hydrogens (tertiary/aromatic N) is 2. The standard InChI is InChI=1S/C21H21F2N3O2/c22-19-5-4-18(13-20(19)23)28-17-6-9-26(10-7-17)11-8-25-21(27)16-3-1-2-15(12-16)14-24/h1-5,12-13,17H,6-11H2,(H,25,27). The number of benzene rings is 2. The van der Waals surface area contributed by atoms with E-state index in [1.165, 1.54) is 6.07 Å². The topological polar surface area (TPSA) is 65.4 Å². The molecule has 146 valence electrons. The number of nitriles is 1. The van der Waals surface area contributed by atoms with Gasteiger partial charge in [-0.2, -0.15) is 5.26 Å². The zero-order valence-corrected chi connectivity index (χ0v) is 15.3. The molecule has 28 heavy (non-hydrogen) atoms. The number of piperidine rings is 1. The van der Waals surface area contributed by atoms with E-state index in [2.05, 4.69) is 10.2 Å². The highest BCUT2D eigenvalue weighted by Gasteiger charge is 2.21. The highest BCUT2D eigenvalue weighted by atomic mass is 19.2. The van der Waals surface area contributed by atoms with Gasteiger partial charge >= 0.3 is 0 Å². The highest BCUT2D eigenvalue weighted by molar-refractivity contribution is 5.94. The molecule has 1 N–H and O–H groups in total. The van der Waals surface area contributed by atoms with E-state index < -0.39 is 11.6 Å². The molecule has 0 saturated carbocycles. The summed E-state index contributed by atoms with van der Waals surface area (Å²) in [5.41, 5.74) is 0.924. The molecule has 1 amide bonds. The molecule has 0 spiro atoms. The minimum Gasteiger partial charge on any atom is -0.490 e. The van der Waals surface area contributed by atoms with Crippen molar-refractivity contribution in [1.82, 2.24) is 10.2 Å². The summed E-state index contributed by atoms with van der Waals surface area (Å²) in [7, 11) is 0. The van der Waals surface area contributed by atoms with Gasteiger partial charge in [0.15, 0.2) is 11.6 Å². The van der Waals surface area contributed by atoms with Crippen molar-refractivity contribution in [2.24, 2.45) is 0 Å². The molecule has 0 unspecified atom stereocenters. The first-order chi connectivity index (χ1) is 13.5. The number of amides is 1. The van der Waals surface area contributed by atoms with E-state index in [1.54, 1.807) is 24.3 Å². The lowest BCUT2D eigenvalue weighted by atomic mass is 10.1. The number of hydrogen-bond donors (Lipinski definition) is 1. The van der Waals surface area contributed by atoms with Crippen LogP contribution in [0.15, 0.2) is 42.5 Å². The fraction of sp³-hybridized carbons (Fsp3) is 0.333. The molecule has 7 heteroatoms. The predicted octanol–water partition coefficient (Wildman–Crippen LogP) is 3.11. The Morgan fingerprint density at radius 2 is 1.96 bits per heavy atom. The monoisotopic (exact) mass is 385 g/mol. The molecular formula is C21H21F2N3O2. The summed E-state index contributed by atoms with van der Waals surface area (Å²) < 4.78 is 32.0. The maximum atomic E-state index is 13.3. The van der Waals surface area contributed by atoms with Crippen molar-refractivity contribution in [2.75, 3.05) is 26.2 Å². The minimum atomic E-state index is -0.911. The molecule has 0 aliphatic carbocycles. The SMILES string of the molecule is N#Cc1cccc(C(=O)NCCN2CCC(Oc3ccc(F)c(F)c3)CC2)c1. The molecule has 0 atom stereocenters. The molecule has 0 radical (unpaired) electrons. The van der Waals surface area contributed by atoms with E-state index in [4.69, 9.17) is 10.00 Å². The summed E-state index contributed by atoms with van der Waals surface area (Å²) in [4.78, 5) is 14.4. The third kappa shape index (κ3) is 5.27. The van der Waals surface area contributed by atoms with E-state index in [1.807, 2.05) is 6.07 Å². The summed E-state index contributed by atoms with van der Waals surface area (Å²) in [6.45, 7) is 2.81. The van der Waals surface area contributed by atoms with Gasteiger partial charge in [0.2, 0.25) is 0 Å². The third-order valence-corrected chi connectivity index (χ3v) is 4.70. The number of carbonyl (C=O) groups excluding carboxylic acids is 1. The largest absolute Gasteiger partial charge is 0.490 e. The molecule has 1 heterocycles. The molecule has 0 aromatic heterocycles. The average Bonchev–Trinajstić information content (AvgIpc) is 2.72. The van der Waals surface area contributed by atoms with E-state index >= 15 is 0 Å². The van der Waals surface area contributed by atoms with Gasteiger partial charge in [0.1, 0.15) is 11.9 Å². The van der Waals surface area contributed by atoms with Crippen LogP contribution in [0.2, 0.25) is 0 Å². The number of likely N-dealkylation sites (tertiary alicyclic amines) is 1. The zero-order chi connectivity index (χ0) is 19.9. The lowest BCUT2D eigenvalue weighted by Gasteiger charge is -2.32. The fourth-order valence-electron chi connectivity index (χ4n) is 3.15. The number of ether oxygens (including phenoxy) is 1. The van der Waals surface area contributed by atoms with Crippen LogP contribution >= 0.6 is 0 Å². The van der Waals surface area contributed by atoms with Crippen LogP contribution in [0.4, 0.5) is 8.78 Å². The molecule has 1 fully saturated rings. The molecule has 1 aliphatic rings. The van der Waals surface area contributed by atoms with Gasteiger partial charge in [-0.15, -0.1) is 0 Å². The number of hydrogen-bond acceptors (Lipinski definition) is 4. The Morgan fingerprint density at radius 3 is 2.68 bits per heavy atom. The Balaban J connectivity index is 1.39. The zero-order valence-electron chi connectivity index (χ0n) is 15.3. The molecule has 0 bridgehead atoms. The maximum Gasteiger partial charge on any atom is 0.251 e. The van der Waals surface area contributed by atoms with Gasteiger partial charge in [-0.1, -0.05) is 6.07 Å². The Bertz CT molecular complexity index is 874. The van der Waals surface area contributed by atoms with Crippen LogP contribution in [0.5, 0.6) is 5.75 Å². The second-order valence-electron chi connectivity index (χ2n) is 6.68. The van der Waals surface area contributed by atoms with Crippen molar-refractivity contribution in [2.45, 2.75) is 18.9 Å². The Kier molecular flexibility index (Phi) is 6.56. The second kappa shape index (κ2) is 9.29. The minimum absolute atomic E-state index is 0.0376. The van der Waals surface area contributed by atoms with Crippen LogP contribution in [0, 0.1) is 23.0 Å². The summed E-state index contributed by atoms with van der Waals surface area (Å²) in [5.74, 6) is -1.66. The van der Waals surface area contributed by atoms with Crippen LogP contribution in [-0.2, 0) is 0 Å². The molecule has 5 nitrogen and oxygen atoms in total. The normalized spacial score (nSPS) is 15.0. The lowest BCUT2D eigenvalue weighted by molar-refractivity contribution is 0.0904. The van der Waals surface area contributed by atoms with E-state index in [-0.39, 0.29) is 12.0 Å². The average molecular weight is 385 g/mol. The Labute approximate surface area is 162 Å². The Hall–Kier alpha value is -2.98. The van der Waals surface area contributed by atoms with Crippen molar-refractivity contribution >= 4 is 5.91 Å². The molecule has 1 aliphatic heterocycles. The first-order valence-electron chi connectivity index (χ1n) is 9.17. The van der Waals surface area contributed by atoms with Gasteiger partial charge in [-0.3, -0.25) is 4.79 Å². The van der Waals surface area contributed by atoms with E-state index in [9.17, 15) is 13.6 Å². The highest BCUT2D eigenvalue weighted by Crippen LogP contribution is 2.21. The van der Waals surface area contributed by atoms with Gasteiger partial charge in [0.25, 0.3) is 5.91 Å². The molecule has 2 aromatic carbocycles. The van der Waals surface area contributed by atoms with Crippen LogP contribution in [-0.4, -0.2) is 43.1 Å². The second-order valence-corrected chi connectivity index (χ2v) is 6.68. The van der Waals surface area contributed by atoms with Gasteiger partial charge < -0.3 is 15.0 Å². The van der Waals surface area contributed by atoms with Gasteiger partial charge in [-0.05, 0) is 43.2 Å². The van der Waals surface area contributed by atoms with Gasteiger partial charge in [0.05, 0.1) is 11.6 Å². The molecule has 1 saturated heterocycles. The van der Waals surface area contributed by atoms with Gasteiger partial charge in [0, 0.05) is 37.8 Å². The van der Waals surface area contributed by atoms with Crippen LogP contribution < -0.4 is 10.1 Å². The van der Waals surface area contributed by atoms with Gasteiger partial charge in [-0.25, -0.2) is 8.78 Å². The van der Waals surface area contributed by atoms with Crippen LogP contribution in [0.3, 0.4) is 0 Å². The van der Waals surface area contributed by atoms with E-state index in [0.717, 1.165) is 38.1 Å². The van der Waals surface area contributed by atoms with E-state index in [0.29, 0.717) is 30.0 Å². The quantitative estimate of drug-likeness (QED) is 0.830. The van der Waals surface area contributed by atoms with Crippen molar-refractivity contribution in [3.8, 4) is 11.8 Å². The number of carbonyl (C=O) groups is 1. The summed E-state index contributed by atoms with van der Waals surface area (Å²) in [5, 5.41) is 11.8. The van der Waals surface area contributed by atoms with Crippen molar-refractivity contribution < 1.29 is 18.3 Å². The predicted molar refractivity (Wildman–Crippen MR) is 99.9 cm³/mol. The summed E-state index contributed by atoms with van der Waals surface area (Å²) in [6, 6.07) is 12.2. The third-order valence-electron chi connectivity index (χ3n) is 4.70. The summed E-state index contributed by atoms with van der Waals surface area (Å²) in [6.07, 6.45) is 1.51. The van der Waals surface area contributed by atoms with Crippen molar-refractivity contribution in [3.63, 3.8) is 0 Å². The van der Waals surface area contributed by atoms with Crippen molar-refractivity contribution in [1.29, 1.82) is 5.26 Å². The van der Waals surface area contributed by atoms with Crippen molar-refractivity contribution in [3.05, 3.63) is 65.2 Å². The number of nitrogens with one attached hydrogen (secondary N) is 1. The molecule has 2 aromatic rings. The molecular weight excluding hydrogens is 364 g/mol. The lowest BCUT2D eigenvalue weighted by Crippen LogP contribution is -2.42. The number of rotatable bonds is 6. The summed E-state index contributed by atoms with van der Waals surface area (Å²) >= 11 is 0. The maximum absolute atomic E-state index is 13.3. The smallest absolute Gasteiger partial charge is 0.251 e. The van der Waals surface area contributed by atoms with Crippen LogP contribution in [0.25, 0.3) is 0 Å². The fourth-order valence-corrected chi connectivity index (χ4v) is 3.15. The first-order valence-corrected chi connectivity index (χ1v) is 9.17.